The summed E-state index contributed by atoms with van der Waals surface area (Å²) in [5.41, 5.74) is 1.14. The normalized spacial score (nSPS) is 19.4. The zero-order valence-electron chi connectivity index (χ0n) is 16.7. The second-order valence-electron chi connectivity index (χ2n) is 7.14. The second-order valence-corrected chi connectivity index (χ2v) is 7.14. The molecule has 0 amide bonds. The smallest absolute Gasteiger partial charge is 0.191 e. The molecule has 1 atom stereocenters. The van der Waals surface area contributed by atoms with Crippen LogP contribution >= 0.6 is 24.0 Å². The van der Waals surface area contributed by atoms with Gasteiger partial charge in [0.15, 0.2) is 5.96 Å². The van der Waals surface area contributed by atoms with Gasteiger partial charge in [-0.15, -0.1) is 24.0 Å². The lowest BCUT2D eigenvalue weighted by atomic mass is 10.2. The summed E-state index contributed by atoms with van der Waals surface area (Å²) < 4.78 is 10.8. The molecule has 27 heavy (non-hydrogen) atoms. The third-order valence-corrected chi connectivity index (χ3v) is 5.08. The highest BCUT2D eigenvalue weighted by Crippen LogP contribution is 2.32. The first kappa shape index (κ1) is 21.9. The Kier molecular flexibility index (Phi) is 8.79. The van der Waals surface area contributed by atoms with Crippen LogP contribution in [0.2, 0.25) is 0 Å². The van der Waals surface area contributed by atoms with Crippen molar-refractivity contribution >= 4 is 35.6 Å². The number of nitrogens with one attached hydrogen (secondary N) is 2. The fraction of sp³-hybridized carbons (Fsp3) is 0.650. The molecule has 0 radical (unpaired) electrons. The zero-order chi connectivity index (χ0) is 18.4. The summed E-state index contributed by atoms with van der Waals surface area (Å²) in [4.78, 5) is 7.12. The Bertz CT molecular complexity index is 600. The fourth-order valence-electron chi connectivity index (χ4n) is 3.37. The summed E-state index contributed by atoms with van der Waals surface area (Å²) in [6.45, 7) is 5.88. The van der Waals surface area contributed by atoms with E-state index in [9.17, 15) is 0 Å². The highest BCUT2D eigenvalue weighted by Gasteiger charge is 2.24. The molecule has 1 aromatic rings. The number of nitrogens with zero attached hydrogens (tertiary/aromatic N) is 2. The quantitative estimate of drug-likeness (QED) is 0.334. The number of rotatable bonds is 8. The Hall–Kier alpha value is -1.38. The van der Waals surface area contributed by atoms with E-state index in [-0.39, 0.29) is 24.0 Å². The number of aliphatic imine (C=N–C) groups is 1. The molecule has 2 fully saturated rings. The zero-order valence-corrected chi connectivity index (χ0v) is 19.0. The maximum absolute atomic E-state index is 5.40. The molecule has 7 heteroatoms. The number of anilines is 1. The first-order valence-electron chi connectivity index (χ1n) is 9.74. The Morgan fingerprint density at radius 3 is 2.44 bits per heavy atom. The molecule has 2 N–H and O–H groups in total. The van der Waals surface area contributed by atoms with Gasteiger partial charge >= 0.3 is 0 Å². The van der Waals surface area contributed by atoms with Crippen molar-refractivity contribution in [2.75, 3.05) is 45.3 Å². The molecule has 1 aromatic carbocycles. The number of benzene rings is 1. The number of hydrogen-bond acceptors (Lipinski definition) is 4. The number of halogens is 1. The molecule has 1 saturated carbocycles. The van der Waals surface area contributed by atoms with Crippen LogP contribution in [-0.4, -0.2) is 52.4 Å². The Labute approximate surface area is 180 Å². The van der Waals surface area contributed by atoms with Gasteiger partial charge in [-0.2, -0.15) is 0 Å². The van der Waals surface area contributed by atoms with Crippen LogP contribution < -0.4 is 25.0 Å². The van der Waals surface area contributed by atoms with E-state index in [2.05, 4.69) is 34.6 Å². The van der Waals surface area contributed by atoms with Crippen LogP contribution in [0.1, 0.15) is 32.6 Å². The van der Waals surface area contributed by atoms with Gasteiger partial charge in [0.1, 0.15) is 11.5 Å². The molecular formula is C20H33IN4O2. The fourth-order valence-corrected chi connectivity index (χ4v) is 3.37. The molecule has 2 aliphatic rings. The van der Waals surface area contributed by atoms with Crippen molar-refractivity contribution in [1.82, 2.24) is 10.6 Å². The summed E-state index contributed by atoms with van der Waals surface area (Å²) in [6.07, 6.45) is 5.09. The van der Waals surface area contributed by atoms with Crippen molar-refractivity contribution in [1.29, 1.82) is 0 Å². The van der Waals surface area contributed by atoms with Gasteiger partial charge in [0.2, 0.25) is 0 Å². The van der Waals surface area contributed by atoms with E-state index in [1.807, 2.05) is 6.07 Å². The van der Waals surface area contributed by atoms with E-state index in [1.54, 1.807) is 14.2 Å². The van der Waals surface area contributed by atoms with Gasteiger partial charge in [-0.25, -0.2) is 0 Å². The van der Waals surface area contributed by atoms with Crippen molar-refractivity contribution in [3.05, 3.63) is 18.2 Å². The molecule has 1 aliphatic heterocycles. The van der Waals surface area contributed by atoms with Crippen LogP contribution in [0.15, 0.2) is 23.2 Å². The largest absolute Gasteiger partial charge is 0.497 e. The lowest BCUT2D eigenvalue weighted by Gasteiger charge is -2.21. The minimum Gasteiger partial charge on any atom is -0.497 e. The van der Waals surface area contributed by atoms with Gasteiger partial charge in [0.05, 0.1) is 14.2 Å². The SMILES string of the molecule is CCNC(=NCCC1CC1)NC1CCN(c2cc(OC)cc(OC)c2)C1.I. The average Bonchev–Trinajstić information content (AvgIpc) is 3.37. The third kappa shape index (κ3) is 6.62. The summed E-state index contributed by atoms with van der Waals surface area (Å²) in [5.74, 6) is 3.52. The summed E-state index contributed by atoms with van der Waals surface area (Å²) in [7, 11) is 3.38. The maximum atomic E-state index is 5.40. The molecular weight excluding hydrogens is 455 g/mol. The van der Waals surface area contributed by atoms with Gasteiger partial charge < -0.3 is 25.0 Å². The number of hydrogen-bond donors (Lipinski definition) is 2. The van der Waals surface area contributed by atoms with Crippen LogP contribution in [0.25, 0.3) is 0 Å². The minimum absolute atomic E-state index is 0. The number of ether oxygens (including phenoxy) is 2. The first-order chi connectivity index (χ1) is 12.7. The number of guanidine groups is 1. The van der Waals surface area contributed by atoms with E-state index >= 15 is 0 Å². The molecule has 1 aliphatic carbocycles. The van der Waals surface area contributed by atoms with E-state index in [4.69, 9.17) is 14.5 Å². The van der Waals surface area contributed by atoms with Crippen LogP contribution in [-0.2, 0) is 0 Å². The Morgan fingerprint density at radius 2 is 1.85 bits per heavy atom. The van der Waals surface area contributed by atoms with Gasteiger partial charge in [-0.05, 0) is 25.7 Å². The van der Waals surface area contributed by atoms with Gasteiger partial charge in [0, 0.05) is 56.1 Å². The minimum atomic E-state index is 0. The van der Waals surface area contributed by atoms with Gasteiger partial charge in [0.25, 0.3) is 0 Å². The van der Waals surface area contributed by atoms with Crippen molar-refractivity contribution < 1.29 is 9.47 Å². The second kappa shape index (κ2) is 10.8. The molecule has 0 bridgehead atoms. The van der Waals surface area contributed by atoms with Gasteiger partial charge in [-0.3, -0.25) is 4.99 Å². The predicted molar refractivity (Wildman–Crippen MR) is 122 cm³/mol. The summed E-state index contributed by atoms with van der Waals surface area (Å²) in [6, 6.07) is 6.44. The van der Waals surface area contributed by atoms with E-state index in [0.29, 0.717) is 6.04 Å². The molecule has 6 nitrogen and oxygen atoms in total. The van der Waals surface area contributed by atoms with Crippen molar-refractivity contribution in [2.45, 2.75) is 38.6 Å². The first-order valence-corrected chi connectivity index (χ1v) is 9.74. The highest BCUT2D eigenvalue weighted by molar-refractivity contribution is 14.0. The summed E-state index contributed by atoms with van der Waals surface area (Å²) in [5, 5.41) is 6.98. The molecule has 1 heterocycles. The Morgan fingerprint density at radius 1 is 1.15 bits per heavy atom. The van der Waals surface area contributed by atoms with Crippen LogP contribution in [0.3, 0.4) is 0 Å². The lowest BCUT2D eigenvalue weighted by Crippen LogP contribution is -2.44. The molecule has 0 aromatic heterocycles. The topological polar surface area (TPSA) is 58.1 Å². The van der Waals surface area contributed by atoms with Gasteiger partial charge in [-0.1, -0.05) is 12.8 Å². The highest BCUT2D eigenvalue weighted by atomic mass is 127. The Balaban J connectivity index is 0.00000261. The van der Waals surface area contributed by atoms with Crippen molar-refractivity contribution in [3.63, 3.8) is 0 Å². The third-order valence-electron chi connectivity index (χ3n) is 5.08. The van der Waals surface area contributed by atoms with Crippen LogP contribution in [0.5, 0.6) is 11.5 Å². The van der Waals surface area contributed by atoms with Crippen molar-refractivity contribution in [3.8, 4) is 11.5 Å². The number of methoxy groups -OCH3 is 2. The van der Waals surface area contributed by atoms with Crippen molar-refractivity contribution in [2.24, 2.45) is 10.9 Å². The molecule has 3 rings (SSSR count). The molecule has 0 spiro atoms. The lowest BCUT2D eigenvalue weighted by molar-refractivity contribution is 0.394. The molecule has 1 unspecified atom stereocenters. The maximum Gasteiger partial charge on any atom is 0.191 e. The monoisotopic (exact) mass is 488 g/mol. The van der Waals surface area contributed by atoms with E-state index < -0.39 is 0 Å². The summed E-state index contributed by atoms with van der Waals surface area (Å²) >= 11 is 0. The van der Waals surface area contributed by atoms with E-state index in [1.165, 1.54) is 19.3 Å². The van der Waals surface area contributed by atoms with E-state index in [0.717, 1.165) is 61.7 Å². The van der Waals surface area contributed by atoms with Crippen LogP contribution in [0, 0.1) is 5.92 Å². The molecule has 1 saturated heterocycles. The standard InChI is InChI=1S/C20H32N4O2.HI/c1-4-21-20(22-9-7-15-5-6-15)23-16-8-10-24(14-16)17-11-18(25-2)13-19(12-17)26-3;/h11-13,15-16H,4-10,14H2,1-3H3,(H2,21,22,23);1H. The predicted octanol–water partition coefficient (Wildman–Crippen LogP) is 3.26. The average molecular weight is 488 g/mol. The van der Waals surface area contributed by atoms with Crippen LogP contribution in [0.4, 0.5) is 5.69 Å². The molecule has 152 valence electrons.